The maximum atomic E-state index is 6.33. The molecule has 0 aliphatic rings. The molecule has 0 saturated carbocycles. The van der Waals surface area contributed by atoms with Gasteiger partial charge in [0, 0.05) is 5.88 Å². The molecule has 0 N–H and O–H groups in total. The molecule has 0 aromatic heterocycles. The predicted molar refractivity (Wildman–Crippen MR) is 132 cm³/mol. The van der Waals surface area contributed by atoms with Gasteiger partial charge in [-0.1, -0.05) is 136 Å². The molecule has 0 aliphatic heterocycles. The van der Waals surface area contributed by atoms with Crippen LogP contribution in [0.2, 0.25) is 0 Å². The van der Waals surface area contributed by atoms with Crippen molar-refractivity contribution in [3.8, 4) is 0 Å². The van der Waals surface area contributed by atoms with Gasteiger partial charge in [0.1, 0.15) is 0 Å². The van der Waals surface area contributed by atoms with E-state index in [1.54, 1.807) is 0 Å². The Morgan fingerprint density at radius 1 is 0.393 bits per heavy atom. The van der Waals surface area contributed by atoms with Gasteiger partial charge in [0.15, 0.2) is 0 Å². The van der Waals surface area contributed by atoms with E-state index in [2.05, 4.69) is 20.8 Å². The van der Waals surface area contributed by atoms with Crippen LogP contribution in [0.1, 0.15) is 162 Å². The summed E-state index contributed by atoms with van der Waals surface area (Å²) >= 11 is 6.33. The summed E-state index contributed by atoms with van der Waals surface area (Å²) in [7, 11) is 0. The Kier molecular flexibility index (Phi) is 22.2. The van der Waals surface area contributed by atoms with E-state index in [1.165, 1.54) is 141 Å². The van der Waals surface area contributed by atoms with E-state index in [0.29, 0.717) is 5.41 Å². The first-order chi connectivity index (χ1) is 13.7. The van der Waals surface area contributed by atoms with Crippen LogP contribution < -0.4 is 0 Å². The molecule has 0 aromatic rings. The first-order valence-corrected chi connectivity index (χ1v) is 13.8. The molecule has 0 heterocycles. The van der Waals surface area contributed by atoms with Gasteiger partial charge in [-0.25, -0.2) is 0 Å². The molecule has 0 saturated heterocycles. The van der Waals surface area contributed by atoms with Crippen LogP contribution in [0.5, 0.6) is 0 Å². The maximum absolute atomic E-state index is 6.33. The van der Waals surface area contributed by atoms with Crippen molar-refractivity contribution in [1.29, 1.82) is 0 Å². The molecule has 0 bridgehead atoms. The van der Waals surface area contributed by atoms with Crippen LogP contribution in [0.4, 0.5) is 0 Å². The van der Waals surface area contributed by atoms with Crippen LogP contribution in [0, 0.1) is 5.41 Å². The fourth-order valence-corrected chi connectivity index (χ4v) is 5.19. The Balaban J connectivity index is 4.39. The summed E-state index contributed by atoms with van der Waals surface area (Å²) in [5, 5.41) is 0. The standard InChI is InChI=1S/C27H55Cl/c1-4-7-10-13-16-19-22-27(25-26-28,23-20-17-14-11-8-5-2)24-21-18-15-12-9-6-3/h4-26H2,1-3H3. The third kappa shape index (κ3) is 17.2. The second-order valence-corrected chi connectivity index (χ2v) is 9.87. The largest absolute Gasteiger partial charge is 0.127 e. The SMILES string of the molecule is CCCCCCCCC(CCCl)(CCCCCCCC)CCCCCCCC. The minimum absolute atomic E-state index is 0.558. The highest BCUT2D eigenvalue weighted by molar-refractivity contribution is 6.17. The average molecular weight is 415 g/mol. The van der Waals surface area contributed by atoms with E-state index < -0.39 is 0 Å². The van der Waals surface area contributed by atoms with E-state index in [9.17, 15) is 0 Å². The van der Waals surface area contributed by atoms with Gasteiger partial charge in [-0.15, -0.1) is 11.6 Å². The summed E-state index contributed by atoms with van der Waals surface area (Å²) in [4.78, 5) is 0. The van der Waals surface area contributed by atoms with Crippen molar-refractivity contribution in [3.05, 3.63) is 0 Å². The smallest absolute Gasteiger partial charge is 0.0228 e. The third-order valence-electron chi connectivity index (χ3n) is 6.81. The quantitative estimate of drug-likeness (QED) is 0.115. The van der Waals surface area contributed by atoms with E-state index >= 15 is 0 Å². The van der Waals surface area contributed by atoms with E-state index in [4.69, 9.17) is 11.6 Å². The lowest BCUT2D eigenvalue weighted by molar-refractivity contribution is 0.187. The number of hydrogen-bond donors (Lipinski definition) is 0. The van der Waals surface area contributed by atoms with Crippen molar-refractivity contribution in [1.82, 2.24) is 0 Å². The van der Waals surface area contributed by atoms with Crippen molar-refractivity contribution >= 4 is 11.6 Å². The van der Waals surface area contributed by atoms with Gasteiger partial charge in [0.05, 0.1) is 0 Å². The van der Waals surface area contributed by atoms with E-state index in [-0.39, 0.29) is 0 Å². The van der Waals surface area contributed by atoms with Gasteiger partial charge in [-0.3, -0.25) is 0 Å². The topological polar surface area (TPSA) is 0 Å². The van der Waals surface area contributed by atoms with Crippen molar-refractivity contribution in [2.45, 2.75) is 162 Å². The van der Waals surface area contributed by atoms with E-state index in [1.807, 2.05) is 0 Å². The molecule has 170 valence electrons. The molecule has 1 heteroatoms. The fourth-order valence-electron chi connectivity index (χ4n) is 4.79. The van der Waals surface area contributed by atoms with Crippen LogP contribution in [-0.4, -0.2) is 5.88 Å². The molecule has 0 fully saturated rings. The Morgan fingerprint density at radius 2 is 0.679 bits per heavy atom. The summed E-state index contributed by atoms with van der Waals surface area (Å²) in [6.45, 7) is 6.94. The average Bonchev–Trinajstić information content (AvgIpc) is 2.70. The monoisotopic (exact) mass is 414 g/mol. The first-order valence-electron chi connectivity index (χ1n) is 13.3. The molecule has 0 aliphatic carbocycles. The second-order valence-electron chi connectivity index (χ2n) is 9.49. The molecule has 0 nitrogen and oxygen atoms in total. The predicted octanol–water partition coefficient (Wildman–Crippen LogP) is 10.9. The van der Waals surface area contributed by atoms with Gasteiger partial charge in [0.2, 0.25) is 0 Å². The Labute approximate surface area is 185 Å². The molecule has 0 amide bonds. The van der Waals surface area contributed by atoms with Crippen LogP contribution in [-0.2, 0) is 0 Å². The zero-order valence-corrected chi connectivity index (χ0v) is 20.9. The highest BCUT2D eigenvalue weighted by atomic mass is 35.5. The molecule has 0 rings (SSSR count). The van der Waals surface area contributed by atoms with Gasteiger partial charge in [-0.2, -0.15) is 0 Å². The number of rotatable bonds is 23. The molecular weight excluding hydrogens is 360 g/mol. The zero-order chi connectivity index (χ0) is 20.8. The number of unbranched alkanes of at least 4 members (excludes halogenated alkanes) is 15. The summed E-state index contributed by atoms with van der Waals surface area (Å²) in [6.07, 6.45) is 31.2. The number of alkyl halides is 1. The van der Waals surface area contributed by atoms with Crippen molar-refractivity contribution in [2.24, 2.45) is 5.41 Å². The van der Waals surface area contributed by atoms with Gasteiger partial charge < -0.3 is 0 Å². The van der Waals surface area contributed by atoms with E-state index in [0.717, 1.165) is 5.88 Å². The normalized spacial score (nSPS) is 12.0. The Morgan fingerprint density at radius 3 is 0.964 bits per heavy atom. The fraction of sp³-hybridized carbons (Fsp3) is 1.00. The summed E-state index contributed by atoms with van der Waals surface area (Å²) < 4.78 is 0. The van der Waals surface area contributed by atoms with Crippen LogP contribution in [0.25, 0.3) is 0 Å². The van der Waals surface area contributed by atoms with Gasteiger partial charge in [-0.05, 0) is 31.1 Å². The van der Waals surface area contributed by atoms with Gasteiger partial charge in [0.25, 0.3) is 0 Å². The second kappa shape index (κ2) is 22.0. The van der Waals surface area contributed by atoms with Crippen LogP contribution in [0.3, 0.4) is 0 Å². The number of halogens is 1. The highest BCUT2D eigenvalue weighted by Gasteiger charge is 2.28. The first kappa shape index (κ1) is 28.3. The molecule has 28 heavy (non-hydrogen) atoms. The molecule has 0 unspecified atom stereocenters. The molecule has 0 atom stereocenters. The number of hydrogen-bond acceptors (Lipinski definition) is 0. The summed E-state index contributed by atoms with van der Waals surface area (Å²) in [5.74, 6) is 0.863. The Hall–Kier alpha value is 0.290. The zero-order valence-electron chi connectivity index (χ0n) is 20.1. The minimum Gasteiger partial charge on any atom is -0.127 e. The summed E-state index contributed by atoms with van der Waals surface area (Å²) in [6, 6.07) is 0. The minimum atomic E-state index is 0.558. The molecule has 0 radical (unpaired) electrons. The molecular formula is C27H55Cl. The highest BCUT2D eigenvalue weighted by Crippen LogP contribution is 2.41. The lowest BCUT2D eigenvalue weighted by Gasteiger charge is -2.34. The summed E-state index contributed by atoms with van der Waals surface area (Å²) in [5.41, 5.74) is 0.558. The molecule has 0 aromatic carbocycles. The van der Waals surface area contributed by atoms with Crippen molar-refractivity contribution < 1.29 is 0 Å². The third-order valence-corrected chi connectivity index (χ3v) is 7.00. The molecule has 0 spiro atoms. The van der Waals surface area contributed by atoms with Crippen molar-refractivity contribution in [2.75, 3.05) is 5.88 Å². The Bertz CT molecular complexity index is 245. The lowest BCUT2D eigenvalue weighted by Crippen LogP contribution is -2.22. The van der Waals surface area contributed by atoms with Crippen LogP contribution >= 0.6 is 11.6 Å². The van der Waals surface area contributed by atoms with Crippen molar-refractivity contribution in [3.63, 3.8) is 0 Å². The lowest BCUT2D eigenvalue weighted by atomic mass is 9.72. The maximum Gasteiger partial charge on any atom is 0.0228 e. The van der Waals surface area contributed by atoms with Gasteiger partial charge >= 0.3 is 0 Å². The van der Waals surface area contributed by atoms with Crippen LogP contribution in [0.15, 0.2) is 0 Å².